The molecule has 0 heterocycles. The molecule has 1 aliphatic rings. The van der Waals surface area contributed by atoms with E-state index in [0.717, 1.165) is 11.6 Å². The lowest BCUT2D eigenvalue weighted by Gasteiger charge is -1.99. The van der Waals surface area contributed by atoms with Gasteiger partial charge in [0.25, 0.3) is 0 Å². The molecule has 0 atom stereocenters. The molecule has 0 spiro atoms. The molecule has 2 N–H and O–H groups in total. The van der Waals surface area contributed by atoms with Gasteiger partial charge in [-0.15, -0.1) is 0 Å². The molecule has 64 valence electrons. The van der Waals surface area contributed by atoms with E-state index in [2.05, 4.69) is 12.1 Å². The minimum atomic E-state index is 0.866. The van der Waals surface area contributed by atoms with Gasteiger partial charge in [0, 0.05) is 5.69 Å². The Labute approximate surface area is 73.6 Å². The van der Waals surface area contributed by atoms with Crippen molar-refractivity contribution in [1.82, 2.24) is 0 Å². The Bertz CT molecular complexity index is 246. The quantitative estimate of drug-likeness (QED) is 0.677. The van der Waals surface area contributed by atoms with Gasteiger partial charge in [0.2, 0.25) is 0 Å². The molecule has 1 heteroatoms. The molecule has 0 aliphatic heterocycles. The first kappa shape index (κ1) is 7.66. The van der Waals surface area contributed by atoms with Crippen LogP contribution in [0.2, 0.25) is 0 Å². The van der Waals surface area contributed by atoms with Crippen molar-refractivity contribution in [3.05, 3.63) is 29.8 Å². The van der Waals surface area contributed by atoms with E-state index in [-0.39, 0.29) is 0 Å². The molecule has 0 radical (unpaired) electrons. The second-order valence-corrected chi connectivity index (χ2v) is 3.72. The predicted octanol–water partition coefficient (Wildman–Crippen LogP) is 2.61. The number of nitrogen functional groups attached to an aromatic ring is 1. The number of anilines is 1. The van der Waals surface area contributed by atoms with Crippen LogP contribution in [0.4, 0.5) is 5.69 Å². The van der Waals surface area contributed by atoms with Crippen LogP contribution in [0.5, 0.6) is 0 Å². The van der Waals surface area contributed by atoms with Crippen molar-refractivity contribution in [3.8, 4) is 0 Å². The summed E-state index contributed by atoms with van der Waals surface area (Å²) in [6.07, 6.45) is 5.50. The average molecular weight is 161 g/mol. The summed E-state index contributed by atoms with van der Waals surface area (Å²) >= 11 is 0. The zero-order valence-electron chi connectivity index (χ0n) is 7.29. The van der Waals surface area contributed by atoms with Crippen molar-refractivity contribution in [1.29, 1.82) is 0 Å². The van der Waals surface area contributed by atoms with Gasteiger partial charge in [-0.2, -0.15) is 0 Å². The molecule has 0 saturated heterocycles. The Kier molecular flexibility index (Phi) is 2.03. The number of hydrogen-bond acceptors (Lipinski definition) is 1. The summed E-state index contributed by atoms with van der Waals surface area (Å²) < 4.78 is 0. The molecule has 0 unspecified atom stereocenters. The lowest BCUT2D eigenvalue weighted by atomic mass is 10.1. The third-order valence-corrected chi connectivity index (χ3v) is 2.52. The van der Waals surface area contributed by atoms with E-state index < -0.39 is 0 Å². The SMILES string of the molecule is Nc1ccc(CCC2CC2)cc1. The van der Waals surface area contributed by atoms with Gasteiger partial charge in [-0.05, 0) is 36.5 Å². The molecule has 1 aliphatic carbocycles. The van der Waals surface area contributed by atoms with E-state index in [9.17, 15) is 0 Å². The number of rotatable bonds is 3. The molecule has 12 heavy (non-hydrogen) atoms. The monoisotopic (exact) mass is 161 g/mol. The highest BCUT2D eigenvalue weighted by molar-refractivity contribution is 5.39. The Morgan fingerprint density at radius 1 is 1.17 bits per heavy atom. The summed E-state index contributed by atoms with van der Waals surface area (Å²) in [6.45, 7) is 0. The van der Waals surface area contributed by atoms with E-state index in [4.69, 9.17) is 5.73 Å². The van der Waals surface area contributed by atoms with Gasteiger partial charge in [-0.25, -0.2) is 0 Å². The highest BCUT2D eigenvalue weighted by atomic mass is 14.5. The molecule has 1 aromatic rings. The van der Waals surface area contributed by atoms with Crippen LogP contribution in [0.3, 0.4) is 0 Å². The van der Waals surface area contributed by atoms with Crippen molar-refractivity contribution in [2.75, 3.05) is 5.73 Å². The maximum atomic E-state index is 5.59. The van der Waals surface area contributed by atoms with Crippen molar-refractivity contribution in [2.24, 2.45) is 5.92 Å². The first-order valence-corrected chi connectivity index (χ1v) is 4.69. The highest BCUT2D eigenvalue weighted by Crippen LogP contribution is 2.33. The standard InChI is InChI=1S/C11H15N/c12-11-7-5-10(6-8-11)4-3-9-1-2-9/h5-9H,1-4,12H2. The molecule has 1 saturated carbocycles. The molecular weight excluding hydrogens is 146 g/mol. The van der Waals surface area contributed by atoms with Crippen molar-refractivity contribution in [3.63, 3.8) is 0 Å². The van der Waals surface area contributed by atoms with Crippen LogP contribution in [0.25, 0.3) is 0 Å². The fourth-order valence-corrected chi connectivity index (χ4v) is 1.46. The summed E-state index contributed by atoms with van der Waals surface area (Å²) in [7, 11) is 0. The van der Waals surface area contributed by atoms with Gasteiger partial charge in [-0.3, -0.25) is 0 Å². The summed E-state index contributed by atoms with van der Waals surface area (Å²) in [5, 5.41) is 0. The van der Waals surface area contributed by atoms with Crippen LogP contribution < -0.4 is 5.73 Å². The smallest absolute Gasteiger partial charge is 0.0314 e. The first-order valence-electron chi connectivity index (χ1n) is 4.69. The zero-order chi connectivity index (χ0) is 8.39. The first-order chi connectivity index (χ1) is 5.84. The van der Waals surface area contributed by atoms with E-state index in [1.54, 1.807) is 0 Å². The summed E-state index contributed by atoms with van der Waals surface area (Å²) in [6, 6.07) is 8.25. The molecule has 1 nitrogen and oxygen atoms in total. The topological polar surface area (TPSA) is 26.0 Å². The van der Waals surface area contributed by atoms with Gasteiger partial charge in [0.1, 0.15) is 0 Å². The molecule has 1 fully saturated rings. The second-order valence-electron chi connectivity index (χ2n) is 3.72. The fraction of sp³-hybridized carbons (Fsp3) is 0.455. The van der Waals surface area contributed by atoms with Crippen molar-refractivity contribution >= 4 is 5.69 Å². The number of hydrogen-bond donors (Lipinski definition) is 1. The van der Waals surface area contributed by atoms with Crippen molar-refractivity contribution < 1.29 is 0 Å². The van der Waals surface area contributed by atoms with Gasteiger partial charge >= 0.3 is 0 Å². The third-order valence-electron chi connectivity index (χ3n) is 2.52. The second kappa shape index (κ2) is 3.18. The number of aryl methyl sites for hydroxylation is 1. The normalized spacial score (nSPS) is 16.3. The van der Waals surface area contributed by atoms with Crippen LogP contribution in [0.1, 0.15) is 24.8 Å². The minimum absolute atomic E-state index is 0.866. The molecule has 0 amide bonds. The molecular formula is C11H15N. The van der Waals surface area contributed by atoms with Gasteiger partial charge in [0.05, 0.1) is 0 Å². The van der Waals surface area contributed by atoms with Crippen LogP contribution in [0, 0.1) is 5.92 Å². The van der Waals surface area contributed by atoms with Crippen LogP contribution in [-0.2, 0) is 6.42 Å². The van der Waals surface area contributed by atoms with Crippen LogP contribution in [0.15, 0.2) is 24.3 Å². The van der Waals surface area contributed by atoms with Crippen molar-refractivity contribution in [2.45, 2.75) is 25.7 Å². The molecule has 2 rings (SSSR count). The Morgan fingerprint density at radius 3 is 2.42 bits per heavy atom. The average Bonchev–Trinajstić information content (AvgIpc) is 2.87. The minimum Gasteiger partial charge on any atom is -0.399 e. The van der Waals surface area contributed by atoms with E-state index in [1.807, 2.05) is 12.1 Å². The highest BCUT2D eigenvalue weighted by Gasteiger charge is 2.20. The molecule has 0 bridgehead atoms. The summed E-state index contributed by atoms with van der Waals surface area (Å²) in [5.41, 5.74) is 7.89. The predicted molar refractivity (Wildman–Crippen MR) is 51.9 cm³/mol. The third kappa shape index (κ3) is 2.00. The van der Waals surface area contributed by atoms with E-state index in [1.165, 1.54) is 31.2 Å². The largest absolute Gasteiger partial charge is 0.399 e. The van der Waals surface area contributed by atoms with Crippen LogP contribution >= 0.6 is 0 Å². The lowest BCUT2D eigenvalue weighted by Crippen LogP contribution is -1.88. The maximum Gasteiger partial charge on any atom is 0.0314 e. The maximum absolute atomic E-state index is 5.59. The molecule has 1 aromatic carbocycles. The van der Waals surface area contributed by atoms with Gasteiger partial charge in [0.15, 0.2) is 0 Å². The Hall–Kier alpha value is -0.980. The van der Waals surface area contributed by atoms with Gasteiger partial charge < -0.3 is 5.73 Å². The fourth-order valence-electron chi connectivity index (χ4n) is 1.46. The Morgan fingerprint density at radius 2 is 1.83 bits per heavy atom. The lowest BCUT2D eigenvalue weighted by molar-refractivity contribution is 0.727. The molecule has 0 aromatic heterocycles. The zero-order valence-corrected chi connectivity index (χ0v) is 7.29. The van der Waals surface area contributed by atoms with E-state index in [0.29, 0.717) is 0 Å². The number of benzene rings is 1. The Balaban J connectivity index is 1.89. The summed E-state index contributed by atoms with van der Waals surface area (Å²) in [5.74, 6) is 1.03. The summed E-state index contributed by atoms with van der Waals surface area (Å²) in [4.78, 5) is 0. The number of nitrogens with two attached hydrogens (primary N) is 1. The van der Waals surface area contributed by atoms with Crippen LogP contribution in [-0.4, -0.2) is 0 Å². The van der Waals surface area contributed by atoms with Gasteiger partial charge in [-0.1, -0.05) is 25.0 Å². The van der Waals surface area contributed by atoms with E-state index >= 15 is 0 Å².